The van der Waals surface area contributed by atoms with Gasteiger partial charge in [-0.3, -0.25) is 0 Å². The molecule has 0 aromatic rings. The van der Waals surface area contributed by atoms with Gasteiger partial charge in [0, 0.05) is 14.2 Å². The summed E-state index contributed by atoms with van der Waals surface area (Å²) < 4.78 is 10.7. The molecule has 0 aliphatic rings. The average Bonchev–Trinajstić information content (AvgIpc) is 2.06. The summed E-state index contributed by atoms with van der Waals surface area (Å²) in [7, 11) is 3.41. The van der Waals surface area contributed by atoms with Crippen molar-refractivity contribution in [1.82, 2.24) is 0 Å². The summed E-state index contributed by atoms with van der Waals surface area (Å²) in [6, 6.07) is 0. The second-order valence-corrected chi connectivity index (χ2v) is 7.52. The van der Waals surface area contributed by atoms with Gasteiger partial charge in [0.05, 0.1) is 4.37 Å². The molecule has 0 saturated heterocycles. The molecule has 0 spiro atoms. The zero-order chi connectivity index (χ0) is 8.91. The van der Waals surface area contributed by atoms with E-state index in [-0.39, 0.29) is 4.37 Å². The number of thiol groups is 1. The Morgan fingerprint density at radius 3 is 2.00 bits per heavy atom. The fraction of sp³-hybridized carbons (Fsp3) is 1.00. The smallest absolute Gasteiger partial charge is 0.338 e. The lowest BCUT2D eigenvalue weighted by Gasteiger charge is -2.29. The van der Waals surface area contributed by atoms with Crippen molar-refractivity contribution >= 4 is 31.7 Å². The monoisotopic (exact) mass is 212 g/mol. The van der Waals surface area contributed by atoms with Crippen LogP contribution in [0.25, 0.3) is 0 Å². The van der Waals surface area contributed by atoms with E-state index in [0.717, 1.165) is 6.42 Å². The molecule has 68 valence electrons. The molecular weight excluding hydrogens is 196 g/mol. The maximum Gasteiger partial charge on any atom is 0.338 e. The van der Waals surface area contributed by atoms with Crippen LogP contribution in [0.4, 0.5) is 0 Å². The number of rotatable bonds is 5. The summed E-state index contributed by atoms with van der Waals surface area (Å²) in [6.45, 7) is 4.26. The summed E-state index contributed by atoms with van der Waals surface area (Å²) in [5.41, 5.74) is 0. The predicted molar refractivity (Wildman–Crippen MR) is 56.4 cm³/mol. The highest BCUT2D eigenvalue weighted by molar-refractivity contribution is 8.69. The van der Waals surface area contributed by atoms with Crippen LogP contribution < -0.4 is 0 Å². The highest BCUT2D eigenvalue weighted by atomic mass is 33.1. The van der Waals surface area contributed by atoms with Crippen LogP contribution >= 0.6 is 22.5 Å². The van der Waals surface area contributed by atoms with Crippen molar-refractivity contribution in [2.45, 2.75) is 24.6 Å². The SMILES string of the molecule is CCC(C)(SS)[SiH](OC)OC. The number of hydrogen-bond acceptors (Lipinski definition) is 4. The molecule has 0 heterocycles. The van der Waals surface area contributed by atoms with E-state index >= 15 is 0 Å². The summed E-state index contributed by atoms with van der Waals surface area (Å²) >= 11 is 4.22. The molecule has 0 aromatic carbocycles. The normalized spacial score (nSPS) is 16.9. The van der Waals surface area contributed by atoms with Crippen molar-refractivity contribution in [3.8, 4) is 0 Å². The van der Waals surface area contributed by atoms with Crippen LogP contribution in [0.3, 0.4) is 0 Å². The molecule has 0 bridgehead atoms. The Bertz CT molecular complexity index is 105. The zero-order valence-electron chi connectivity index (χ0n) is 7.46. The van der Waals surface area contributed by atoms with E-state index in [9.17, 15) is 0 Å². The first-order valence-electron chi connectivity index (χ1n) is 3.52. The quantitative estimate of drug-likeness (QED) is 0.426. The Balaban J connectivity index is 4.19. The van der Waals surface area contributed by atoms with Gasteiger partial charge in [-0.05, 0) is 13.3 Å². The van der Waals surface area contributed by atoms with Gasteiger partial charge in [-0.2, -0.15) is 0 Å². The number of hydrogen-bond donors (Lipinski definition) is 1. The van der Waals surface area contributed by atoms with Crippen LogP contribution in [0.15, 0.2) is 0 Å². The molecule has 0 aliphatic heterocycles. The van der Waals surface area contributed by atoms with Gasteiger partial charge in [0.25, 0.3) is 0 Å². The molecular formula is C6H16O2S2Si. The highest BCUT2D eigenvalue weighted by Gasteiger charge is 2.35. The van der Waals surface area contributed by atoms with Crippen LogP contribution in [0.2, 0.25) is 0 Å². The lowest BCUT2D eigenvalue weighted by molar-refractivity contribution is 0.262. The Morgan fingerprint density at radius 2 is 1.91 bits per heavy atom. The first kappa shape index (κ1) is 11.8. The standard InChI is InChI=1S/C6H16O2S2Si/c1-5-6(2,10-9)11(7-3)8-4/h9,11H,5H2,1-4H3. The Hall–Kier alpha value is 0.837. The Morgan fingerprint density at radius 1 is 1.45 bits per heavy atom. The summed E-state index contributed by atoms with van der Waals surface area (Å²) in [5.74, 6) is 0. The second-order valence-electron chi connectivity index (χ2n) is 2.56. The van der Waals surface area contributed by atoms with Crippen LogP contribution in [0.5, 0.6) is 0 Å². The Labute approximate surface area is 79.7 Å². The van der Waals surface area contributed by atoms with Crippen molar-refractivity contribution in [2.75, 3.05) is 14.2 Å². The van der Waals surface area contributed by atoms with Crippen LogP contribution in [-0.4, -0.2) is 27.9 Å². The third-order valence-corrected chi connectivity index (χ3v) is 7.58. The van der Waals surface area contributed by atoms with Gasteiger partial charge in [-0.25, -0.2) is 0 Å². The summed E-state index contributed by atoms with van der Waals surface area (Å²) in [5, 5.41) is 0. The van der Waals surface area contributed by atoms with E-state index in [1.54, 1.807) is 14.2 Å². The van der Waals surface area contributed by atoms with Crippen molar-refractivity contribution in [3.63, 3.8) is 0 Å². The zero-order valence-corrected chi connectivity index (χ0v) is 10.3. The molecule has 0 rings (SSSR count). The maximum absolute atomic E-state index is 5.29. The van der Waals surface area contributed by atoms with Crippen LogP contribution in [-0.2, 0) is 8.85 Å². The molecule has 0 fully saturated rings. The van der Waals surface area contributed by atoms with E-state index in [4.69, 9.17) is 8.85 Å². The van der Waals surface area contributed by atoms with Gasteiger partial charge in [0.2, 0.25) is 0 Å². The molecule has 0 aliphatic carbocycles. The summed E-state index contributed by atoms with van der Waals surface area (Å²) in [6.07, 6.45) is 1.03. The molecule has 0 aromatic heterocycles. The third kappa shape index (κ3) is 2.99. The first-order valence-corrected chi connectivity index (χ1v) is 6.91. The molecule has 0 radical (unpaired) electrons. The van der Waals surface area contributed by atoms with Gasteiger partial charge in [0.1, 0.15) is 0 Å². The molecule has 0 N–H and O–H groups in total. The van der Waals surface area contributed by atoms with Crippen LogP contribution in [0, 0.1) is 0 Å². The van der Waals surface area contributed by atoms with Gasteiger partial charge in [0.15, 0.2) is 0 Å². The minimum atomic E-state index is -1.54. The largest absolute Gasteiger partial charge is 0.399 e. The molecule has 0 saturated carbocycles. The molecule has 5 heteroatoms. The van der Waals surface area contributed by atoms with Gasteiger partial charge in [-0.1, -0.05) is 17.7 Å². The predicted octanol–water partition coefficient (Wildman–Crippen LogP) is 1.79. The minimum absolute atomic E-state index is 0.0760. The highest BCUT2D eigenvalue weighted by Crippen LogP contribution is 2.34. The Kier molecular flexibility index (Phi) is 5.89. The molecule has 2 nitrogen and oxygen atoms in total. The molecule has 1 atom stereocenters. The van der Waals surface area contributed by atoms with Gasteiger partial charge in [-0.15, -0.1) is 11.7 Å². The fourth-order valence-corrected chi connectivity index (χ4v) is 4.60. The van der Waals surface area contributed by atoms with Crippen LogP contribution in [0.1, 0.15) is 20.3 Å². The topological polar surface area (TPSA) is 18.5 Å². The maximum atomic E-state index is 5.29. The van der Waals surface area contributed by atoms with Crippen molar-refractivity contribution < 1.29 is 8.85 Å². The lowest BCUT2D eigenvalue weighted by Crippen LogP contribution is -2.42. The second kappa shape index (κ2) is 5.48. The minimum Gasteiger partial charge on any atom is -0.399 e. The van der Waals surface area contributed by atoms with E-state index in [2.05, 4.69) is 25.5 Å². The molecule has 0 amide bonds. The van der Waals surface area contributed by atoms with Crippen molar-refractivity contribution in [1.29, 1.82) is 0 Å². The van der Waals surface area contributed by atoms with Gasteiger partial charge < -0.3 is 8.85 Å². The molecule has 1 unspecified atom stereocenters. The summed E-state index contributed by atoms with van der Waals surface area (Å²) in [4.78, 5) is 0. The van der Waals surface area contributed by atoms with Crippen molar-refractivity contribution in [2.24, 2.45) is 0 Å². The van der Waals surface area contributed by atoms with E-state index < -0.39 is 9.28 Å². The first-order chi connectivity index (χ1) is 5.14. The van der Waals surface area contributed by atoms with E-state index in [1.165, 1.54) is 10.8 Å². The van der Waals surface area contributed by atoms with Crippen molar-refractivity contribution in [3.05, 3.63) is 0 Å². The molecule has 11 heavy (non-hydrogen) atoms. The fourth-order valence-electron chi connectivity index (χ4n) is 0.869. The average molecular weight is 212 g/mol. The van der Waals surface area contributed by atoms with E-state index in [1.807, 2.05) is 0 Å². The van der Waals surface area contributed by atoms with E-state index in [0.29, 0.717) is 0 Å². The van der Waals surface area contributed by atoms with Gasteiger partial charge >= 0.3 is 9.28 Å². The lowest BCUT2D eigenvalue weighted by atomic mass is 10.4. The third-order valence-electron chi connectivity index (χ3n) is 1.84.